The van der Waals surface area contributed by atoms with Crippen LogP contribution in [0.1, 0.15) is 22.9 Å². The van der Waals surface area contributed by atoms with E-state index in [1.165, 1.54) is 5.56 Å². The second-order valence-electron chi connectivity index (χ2n) is 10.7. The summed E-state index contributed by atoms with van der Waals surface area (Å²) in [5.74, 6) is 1.51. The number of nitrogens with zero attached hydrogens (tertiary/aromatic N) is 2. The zero-order chi connectivity index (χ0) is 28.6. The van der Waals surface area contributed by atoms with Gasteiger partial charge in [0.25, 0.3) is 0 Å². The van der Waals surface area contributed by atoms with Gasteiger partial charge in [0, 0.05) is 16.3 Å². The van der Waals surface area contributed by atoms with Crippen LogP contribution in [0.2, 0.25) is 0 Å². The molecule has 1 N–H and O–H groups in total. The highest BCUT2D eigenvalue weighted by Gasteiger charge is 2.24. The maximum Gasteiger partial charge on any atom is 0.169 e. The third kappa shape index (κ3) is 4.69. The number of rotatable bonds is 5. The Morgan fingerprint density at radius 1 is 0.465 bits per heavy atom. The molecule has 0 bridgehead atoms. The number of furan rings is 1. The molecule has 6 aromatic carbocycles. The van der Waals surface area contributed by atoms with Crippen molar-refractivity contribution in [1.29, 1.82) is 0 Å². The summed E-state index contributed by atoms with van der Waals surface area (Å²) in [5, 5.41) is 5.68. The quantitative estimate of drug-likeness (QED) is 0.231. The third-order valence-electron chi connectivity index (χ3n) is 7.94. The van der Waals surface area contributed by atoms with E-state index in [2.05, 4.69) is 127 Å². The number of fused-ring (bicyclic) bond motifs is 3. The van der Waals surface area contributed by atoms with Gasteiger partial charge in [-0.05, 0) is 52.1 Å². The van der Waals surface area contributed by atoms with Crippen LogP contribution in [0.25, 0.3) is 44.2 Å². The lowest BCUT2D eigenvalue weighted by atomic mass is 10.0. The Morgan fingerprint density at radius 3 is 1.79 bits per heavy atom. The number of nitrogens with one attached hydrogen (secondary N) is 1. The fourth-order valence-corrected chi connectivity index (χ4v) is 5.78. The first-order valence-corrected chi connectivity index (χ1v) is 14.4. The normalized spacial score (nSPS) is 14.7. The van der Waals surface area contributed by atoms with E-state index >= 15 is 0 Å². The maximum atomic E-state index is 6.53. The molecule has 0 spiro atoms. The van der Waals surface area contributed by atoms with E-state index in [-0.39, 0.29) is 0 Å². The van der Waals surface area contributed by atoms with Crippen molar-refractivity contribution in [3.05, 3.63) is 168 Å². The van der Waals surface area contributed by atoms with E-state index in [4.69, 9.17) is 14.4 Å². The van der Waals surface area contributed by atoms with Gasteiger partial charge in [-0.3, -0.25) is 0 Å². The molecule has 1 unspecified atom stereocenters. The molecule has 0 amide bonds. The van der Waals surface area contributed by atoms with Crippen LogP contribution in [-0.2, 0) is 0 Å². The molecule has 0 radical (unpaired) electrons. The molecule has 204 valence electrons. The molecular weight excluding hydrogens is 526 g/mol. The highest BCUT2D eigenvalue weighted by Crippen LogP contribution is 2.35. The van der Waals surface area contributed by atoms with Crippen LogP contribution < -0.4 is 5.32 Å². The Balaban J connectivity index is 1.26. The number of para-hydroxylation sites is 1. The minimum atomic E-state index is -0.417. The smallest absolute Gasteiger partial charge is 0.169 e. The molecule has 1 atom stereocenters. The molecule has 0 aliphatic carbocycles. The van der Waals surface area contributed by atoms with Gasteiger partial charge in [-0.25, -0.2) is 9.98 Å². The van der Waals surface area contributed by atoms with E-state index in [0.717, 1.165) is 67.0 Å². The van der Waals surface area contributed by atoms with Gasteiger partial charge in [-0.15, -0.1) is 0 Å². The average Bonchev–Trinajstić information content (AvgIpc) is 3.47. The number of hydrogen-bond donors (Lipinski definition) is 1. The zero-order valence-electron chi connectivity index (χ0n) is 23.3. The van der Waals surface area contributed by atoms with E-state index < -0.39 is 6.17 Å². The molecule has 0 fully saturated rings. The van der Waals surface area contributed by atoms with Crippen LogP contribution in [0.5, 0.6) is 0 Å². The maximum absolute atomic E-state index is 6.53. The summed E-state index contributed by atoms with van der Waals surface area (Å²) in [6.07, 6.45) is -0.417. The Morgan fingerprint density at radius 2 is 1.07 bits per heavy atom. The standard InChI is InChI=1S/C39H27N3O/c1-4-12-26(13-5-1)29-18-10-19-31(24-29)38-40-37(28-16-8-3-9-17-28)41-39(42-38)33-21-11-20-32-34-25-30(27-14-6-2-7-15-27)22-23-35(34)43-36(32)33/h1-25,38H,(H,40,41,42). The summed E-state index contributed by atoms with van der Waals surface area (Å²) >= 11 is 0. The topological polar surface area (TPSA) is 49.9 Å². The highest BCUT2D eigenvalue weighted by atomic mass is 16.3. The molecule has 1 aliphatic rings. The molecular formula is C39H27N3O. The molecule has 4 heteroatoms. The van der Waals surface area contributed by atoms with Crippen LogP contribution in [0.3, 0.4) is 0 Å². The number of benzene rings is 6. The molecule has 0 saturated heterocycles. The van der Waals surface area contributed by atoms with Crippen molar-refractivity contribution in [2.24, 2.45) is 9.98 Å². The minimum Gasteiger partial charge on any atom is -0.455 e. The molecule has 0 saturated carbocycles. The molecule has 2 heterocycles. The molecule has 7 aromatic rings. The molecule has 1 aromatic heterocycles. The van der Waals surface area contributed by atoms with E-state index in [9.17, 15) is 0 Å². The van der Waals surface area contributed by atoms with Gasteiger partial charge in [0.1, 0.15) is 22.8 Å². The third-order valence-corrected chi connectivity index (χ3v) is 7.94. The van der Waals surface area contributed by atoms with E-state index in [1.54, 1.807) is 0 Å². The first-order valence-electron chi connectivity index (χ1n) is 14.4. The van der Waals surface area contributed by atoms with Gasteiger partial charge in [0.15, 0.2) is 6.17 Å². The summed E-state index contributed by atoms with van der Waals surface area (Å²) in [5.41, 5.74) is 9.23. The monoisotopic (exact) mass is 553 g/mol. The molecule has 43 heavy (non-hydrogen) atoms. The van der Waals surface area contributed by atoms with Crippen molar-refractivity contribution in [3.8, 4) is 22.3 Å². The van der Waals surface area contributed by atoms with Gasteiger partial charge in [-0.1, -0.05) is 127 Å². The van der Waals surface area contributed by atoms with Gasteiger partial charge in [0.05, 0.1) is 5.56 Å². The van der Waals surface area contributed by atoms with Crippen molar-refractivity contribution < 1.29 is 4.42 Å². The molecule has 1 aliphatic heterocycles. The second-order valence-corrected chi connectivity index (χ2v) is 10.7. The highest BCUT2D eigenvalue weighted by molar-refractivity contribution is 6.21. The Hall–Kier alpha value is -5.74. The summed E-state index contributed by atoms with van der Waals surface area (Å²) in [6.45, 7) is 0. The number of hydrogen-bond acceptors (Lipinski definition) is 4. The summed E-state index contributed by atoms with van der Waals surface area (Å²) in [7, 11) is 0. The predicted molar refractivity (Wildman–Crippen MR) is 176 cm³/mol. The minimum absolute atomic E-state index is 0.417. The lowest BCUT2D eigenvalue weighted by Crippen LogP contribution is -2.36. The first-order chi connectivity index (χ1) is 21.3. The van der Waals surface area contributed by atoms with Crippen LogP contribution in [-0.4, -0.2) is 11.7 Å². The van der Waals surface area contributed by atoms with Crippen LogP contribution >= 0.6 is 0 Å². The van der Waals surface area contributed by atoms with Crippen molar-refractivity contribution in [3.63, 3.8) is 0 Å². The van der Waals surface area contributed by atoms with Crippen LogP contribution in [0, 0.1) is 0 Å². The fourth-order valence-electron chi connectivity index (χ4n) is 5.78. The van der Waals surface area contributed by atoms with Crippen molar-refractivity contribution in [2.75, 3.05) is 0 Å². The Bertz CT molecular complexity index is 2150. The van der Waals surface area contributed by atoms with Gasteiger partial charge in [0.2, 0.25) is 0 Å². The van der Waals surface area contributed by atoms with Crippen molar-refractivity contribution in [1.82, 2.24) is 5.32 Å². The lowest BCUT2D eigenvalue weighted by Gasteiger charge is -2.22. The Kier molecular flexibility index (Phi) is 6.16. The SMILES string of the molecule is c1ccc(C2=NC(c3cccc(-c4ccccc4)c3)N=C(c3cccc4c3oc3ccc(-c5ccccc5)cc34)N2)cc1. The average molecular weight is 554 g/mol. The first kappa shape index (κ1) is 25.0. The summed E-state index contributed by atoms with van der Waals surface area (Å²) in [6, 6.07) is 52.2. The number of aliphatic imine (C=N–C) groups is 2. The van der Waals surface area contributed by atoms with Gasteiger partial charge in [-0.2, -0.15) is 0 Å². The van der Waals surface area contributed by atoms with E-state index in [1.807, 2.05) is 30.3 Å². The fraction of sp³-hybridized carbons (Fsp3) is 0.0256. The predicted octanol–water partition coefficient (Wildman–Crippen LogP) is 9.42. The molecule has 4 nitrogen and oxygen atoms in total. The van der Waals surface area contributed by atoms with Crippen molar-refractivity contribution >= 4 is 33.6 Å². The summed E-state index contributed by atoms with van der Waals surface area (Å²) in [4.78, 5) is 10.3. The zero-order valence-corrected chi connectivity index (χ0v) is 23.3. The van der Waals surface area contributed by atoms with Crippen molar-refractivity contribution in [2.45, 2.75) is 6.17 Å². The second kappa shape index (κ2) is 10.6. The van der Waals surface area contributed by atoms with E-state index in [0.29, 0.717) is 0 Å². The van der Waals surface area contributed by atoms with Crippen LogP contribution in [0.15, 0.2) is 166 Å². The summed E-state index contributed by atoms with van der Waals surface area (Å²) < 4.78 is 6.53. The van der Waals surface area contributed by atoms with Crippen LogP contribution in [0.4, 0.5) is 0 Å². The van der Waals surface area contributed by atoms with Gasteiger partial charge >= 0.3 is 0 Å². The largest absolute Gasteiger partial charge is 0.455 e. The van der Waals surface area contributed by atoms with Gasteiger partial charge < -0.3 is 9.73 Å². The molecule has 8 rings (SSSR count). The lowest BCUT2D eigenvalue weighted by molar-refractivity contribution is 0.667. The Labute approximate surface area is 249 Å². The number of amidine groups is 2.